The number of rotatable bonds is 11. The largest absolute Gasteiger partial charge is 0.465 e. The number of hydrogen-bond donors (Lipinski definition) is 6. The first-order chi connectivity index (χ1) is 28.5. The average Bonchev–Trinajstić information content (AvgIpc) is 3.99. The molecule has 0 spiro atoms. The zero-order valence-corrected chi connectivity index (χ0v) is 33.5. The van der Waals surface area contributed by atoms with E-state index in [0.717, 1.165) is 0 Å². The van der Waals surface area contributed by atoms with Gasteiger partial charge in [-0.05, 0) is 98.1 Å². The molecule has 16 heteroatoms. The molecule has 316 valence electrons. The first-order valence-electron chi connectivity index (χ1n) is 20.5. The third kappa shape index (κ3) is 5.81. The standard InChI is InChI=1S/C44H50FN7O8/c1-41(23-35(46)53)25-7-3-9-27(21-25)43(41,37(55)48-39(57)58)50-19-5-11-31(50)33-17-18-34(52(33)30-15-13-29(45)14-16-30)32-12-6-20-51(32)44(38(56)49-40(59)60)28-10-4-8-26(22-28)42(44,2)24-36(47)54/h3-4,7-10,13-16,21-22,31-34H,5-6,11-12,17-20,23-24H2,1-2H3,(H2,46,53)(H2,47,54)(H,48,55)(H,49,56)(H,57,58)(H,59,60)/t31?,32?,33-,34-,41?,42?,43+,44+/m0/s1. The molecule has 3 heterocycles. The normalized spacial score (nSPS) is 31.9. The molecule has 60 heavy (non-hydrogen) atoms. The van der Waals surface area contributed by atoms with Gasteiger partial charge in [-0.2, -0.15) is 0 Å². The molecule has 4 unspecified atom stereocenters. The van der Waals surface area contributed by atoms with Gasteiger partial charge < -0.3 is 26.6 Å². The molecule has 4 bridgehead atoms. The highest BCUT2D eigenvalue weighted by Gasteiger charge is 2.68. The van der Waals surface area contributed by atoms with Crippen LogP contribution in [0.25, 0.3) is 0 Å². The van der Waals surface area contributed by atoms with E-state index in [0.29, 0.717) is 79.6 Å². The van der Waals surface area contributed by atoms with Crippen LogP contribution in [-0.2, 0) is 41.1 Å². The Kier molecular flexibility index (Phi) is 10.0. The molecule has 8 rings (SSSR count). The van der Waals surface area contributed by atoms with Crippen LogP contribution in [0, 0.1) is 5.82 Å². The molecule has 8 atom stereocenters. The number of benzene rings is 3. The van der Waals surface area contributed by atoms with Crippen LogP contribution in [0.4, 0.5) is 19.7 Å². The smallest absolute Gasteiger partial charge is 0.411 e. The lowest BCUT2D eigenvalue weighted by molar-refractivity contribution is -0.143. The molecule has 15 nitrogen and oxygen atoms in total. The average molecular weight is 824 g/mol. The minimum atomic E-state index is -1.66. The SMILES string of the molecule is CC1(CC(N)=O)c2cccc(c2)[C@]1(C(=O)NC(=O)O)N1CCCC1[C@@H]1CC[C@@H](C2CCCN2[C@@]2(C(=O)NC(=O)O)c3cccc(c3)C2(C)CC(N)=O)N1c1ccc(F)cc1. The molecule has 0 aromatic heterocycles. The molecular weight excluding hydrogens is 774 g/mol. The number of halogens is 1. The maximum atomic E-state index is 14.7. The minimum absolute atomic E-state index is 0.242. The maximum absolute atomic E-state index is 14.7. The van der Waals surface area contributed by atoms with Gasteiger partial charge in [-0.15, -0.1) is 0 Å². The molecule has 8 N–H and O–H groups in total. The molecule has 3 aromatic carbocycles. The molecule has 3 fully saturated rings. The van der Waals surface area contributed by atoms with Crippen molar-refractivity contribution in [2.45, 2.75) is 111 Å². The molecule has 6 amide bonds. The Morgan fingerprint density at radius 2 is 1.03 bits per heavy atom. The van der Waals surface area contributed by atoms with Gasteiger partial charge in [0.15, 0.2) is 0 Å². The third-order valence-electron chi connectivity index (χ3n) is 14.5. The van der Waals surface area contributed by atoms with Crippen molar-refractivity contribution in [2.75, 3.05) is 18.0 Å². The first kappa shape index (κ1) is 40.9. The van der Waals surface area contributed by atoms with E-state index in [1.165, 1.54) is 12.1 Å². The van der Waals surface area contributed by atoms with E-state index in [-0.39, 0.29) is 24.9 Å². The summed E-state index contributed by atoms with van der Waals surface area (Å²) in [5.74, 6) is -3.33. The van der Waals surface area contributed by atoms with E-state index < -0.39 is 75.6 Å². The molecule has 2 aliphatic carbocycles. The molecule has 3 aliphatic heterocycles. The van der Waals surface area contributed by atoms with E-state index in [9.17, 15) is 43.4 Å². The summed E-state index contributed by atoms with van der Waals surface area (Å²) in [7, 11) is 0. The Hall–Kier alpha value is -5.87. The summed E-state index contributed by atoms with van der Waals surface area (Å²) >= 11 is 0. The Balaban J connectivity index is 1.26. The Bertz CT molecular complexity index is 2160. The number of fused-ring (bicyclic) bond motifs is 4. The summed E-state index contributed by atoms with van der Waals surface area (Å²) in [6, 6.07) is 19.1. The predicted molar refractivity (Wildman–Crippen MR) is 216 cm³/mol. The second-order valence-corrected chi connectivity index (χ2v) is 17.5. The van der Waals surface area contributed by atoms with E-state index in [1.807, 2.05) is 24.3 Å². The van der Waals surface area contributed by atoms with Gasteiger partial charge in [0.2, 0.25) is 11.8 Å². The van der Waals surface area contributed by atoms with Crippen LogP contribution in [-0.4, -0.2) is 93.1 Å². The second-order valence-electron chi connectivity index (χ2n) is 17.5. The lowest BCUT2D eigenvalue weighted by atomic mass is 9.65. The number of nitrogens with zero attached hydrogens (tertiary/aromatic N) is 3. The fourth-order valence-corrected chi connectivity index (χ4v) is 12.6. The lowest BCUT2D eigenvalue weighted by Crippen LogP contribution is -2.69. The highest BCUT2D eigenvalue weighted by Crippen LogP contribution is 2.59. The quantitative estimate of drug-likeness (QED) is 0.163. The number of likely N-dealkylation sites (tertiary alicyclic amines) is 2. The molecule has 0 saturated carbocycles. The van der Waals surface area contributed by atoms with Gasteiger partial charge in [0.25, 0.3) is 11.8 Å². The van der Waals surface area contributed by atoms with Crippen LogP contribution < -0.4 is 27.0 Å². The monoisotopic (exact) mass is 823 g/mol. The van der Waals surface area contributed by atoms with Gasteiger partial charge in [-0.3, -0.25) is 39.6 Å². The summed E-state index contributed by atoms with van der Waals surface area (Å²) in [5, 5.41) is 24.2. The topological polar surface area (TPSA) is 229 Å². The van der Waals surface area contributed by atoms with Crippen molar-refractivity contribution in [1.29, 1.82) is 0 Å². The minimum Gasteiger partial charge on any atom is -0.465 e. The molecule has 0 radical (unpaired) electrons. The number of nitrogens with one attached hydrogen (secondary N) is 2. The van der Waals surface area contributed by atoms with Gasteiger partial charge in [0.05, 0.1) is 0 Å². The number of carboxylic acid groups (broad SMARTS) is 2. The van der Waals surface area contributed by atoms with Gasteiger partial charge in [0.1, 0.15) is 16.9 Å². The zero-order chi connectivity index (χ0) is 42.9. The summed E-state index contributed by atoms with van der Waals surface area (Å²) in [4.78, 5) is 86.1. The Morgan fingerprint density at radius 1 is 0.633 bits per heavy atom. The predicted octanol–water partition coefficient (Wildman–Crippen LogP) is 3.76. The molecule has 3 saturated heterocycles. The van der Waals surface area contributed by atoms with Crippen LogP contribution in [0.1, 0.15) is 87.5 Å². The molecule has 3 aromatic rings. The van der Waals surface area contributed by atoms with Gasteiger partial charge >= 0.3 is 12.2 Å². The van der Waals surface area contributed by atoms with E-state index in [2.05, 4.69) is 25.3 Å². The van der Waals surface area contributed by atoms with Crippen LogP contribution >= 0.6 is 0 Å². The van der Waals surface area contributed by atoms with Crippen LogP contribution in [0.3, 0.4) is 0 Å². The number of anilines is 1. The molecular formula is C44H50FN7O8. The van der Waals surface area contributed by atoms with Gasteiger partial charge in [0, 0.05) is 53.5 Å². The highest BCUT2D eigenvalue weighted by molar-refractivity contribution is 6.01. The summed E-state index contributed by atoms with van der Waals surface area (Å²) in [6.45, 7) is 4.34. The van der Waals surface area contributed by atoms with Crippen LogP contribution in [0.15, 0.2) is 72.8 Å². The summed E-state index contributed by atoms with van der Waals surface area (Å²) in [5.41, 5.74) is 9.10. The fraction of sp³-hybridized carbons (Fsp3) is 0.455. The fourth-order valence-electron chi connectivity index (χ4n) is 12.6. The van der Waals surface area contributed by atoms with Crippen molar-refractivity contribution in [2.24, 2.45) is 11.5 Å². The number of imide groups is 2. The van der Waals surface area contributed by atoms with Crippen molar-refractivity contribution in [3.8, 4) is 0 Å². The summed E-state index contributed by atoms with van der Waals surface area (Å²) in [6.07, 6.45) is 0.0858. The number of carbonyl (C=O) groups is 6. The number of nitrogens with two attached hydrogens (primary N) is 2. The lowest BCUT2D eigenvalue weighted by Gasteiger charge is -2.54. The van der Waals surface area contributed by atoms with Gasteiger partial charge in [-0.25, -0.2) is 14.0 Å². The van der Waals surface area contributed by atoms with Crippen molar-refractivity contribution in [3.05, 3.63) is 101 Å². The summed E-state index contributed by atoms with van der Waals surface area (Å²) < 4.78 is 14.7. The molecule has 5 aliphatic rings. The van der Waals surface area contributed by atoms with E-state index in [4.69, 9.17) is 11.5 Å². The highest BCUT2D eigenvalue weighted by atomic mass is 19.1. The van der Waals surface area contributed by atoms with E-state index in [1.54, 1.807) is 50.2 Å². The maximum Gasteiger partial charge on any atom is 0.411 e. The Labute approximate surface area is 346 Å². The van der Waals surface area contributed by atoms with E-state index >= 15 is 0 Å². The van der Waals surface area contributed by atoms with Crippen molar-refractivity contribution < 1.29 is 43.4 Å². The van der Waals surface area contributed by atoms with Crippen molar-refractivity contribution in [3.63, 3.8) is 0 Å². The third-order valence-corrected chi connectivity index (χ3v) is 14.5. The van der Waals surface area contributed by atoms with Crippen molar-refractivity contribution in [1.82, 2.24) is 20.4 Å². The number of hydrogen-bond acceptors (Lipinski definition) is 9. The zero-order valence-electron chi connectivity index (χ0n) is 33.5. The van der Waals surface area contributed by atoms with Crippen LogP contribution in [0.2, 0.25) is 0 Å². The number of carbonyl (C=O) groups excluding carboxylic acids is 4. The van der Waals surface area contributed by atoms with Crippen molar-refractivity contribution >= 4 is 41.5 Å². The Morgan fingerprint density at radius 3 is 1.42 bits per heavy atom. The first-order valence-corrected chi connectivity index (χ1v) is 20.5. The number of primary amides is 2. The van der Waals surface area contributed by atoms with Crippen LogP contribution in [0.5, 0.6) is 0 Å². The second kappa shape index (κ2) is 14.7. The number of amides is 6. The van der Waals surface area contributed by atoms with Gasteiger partial charge in [-0.1, -0.05) is 62.4 Å².